The standard InChI is InChI=1S/C21H18NO6P/c1-24-17-7-11-20(12-8-17)27-29(23,26-19-5-3-16(15-22)4-6-19)28-21-13-9-18(25-2)10-14-21/h3-14H,1-2H3. The Morgan fingerprint density at radius 1 is 0.621 bits per heavy atom. The molecule has 0 bridgehead atoms. The lowest BCUT2D eigenvalue weighted by molar-refractivity contribution is 0.298. The summed E-state index contributed by atoms with van der Waals surface area (Å²) in [6.07, 6.45) is 0. The number of hydrogen-bond acceptors (Lipinski definition) is 7. The van der Waals surface area contributed by atoms with E-state index in [1.165, 1.54) is 12.1 Å². The van der Waals surface area contributed by atoms with E-state index in [-0.39, 0.29) is 17.2 Å². The number of phosphoric acid groups is 1. The summed E-state index contributed by atoms with van der Waals surface area (Å²) in [4.78, 5) is 0. The number of benzene rings is 3. The molecule has 0 aliphatic carbocycles. The molecule has 0 radical (unpaired) electrons. The fourth-order valence-electron chi connectivity index (χ4n) is 2.31. The Hall–Kier alpha value is -3.62. The van der Waals surface area contributed by atoms with Crippen LogP contribution in [0.5, 0.6) is 28.7 Å². The average molecular weight is 411 g/mol. The van der Waals surface area contributed by atoms with Crippen molar-refractivity contribution in [2.24, 2.45) is 0 Å². The maximum Gasteiger partial charge on any atom is 0.647 e. The molecule has 0 spiro atoms. The van der Waals surface area contributed by atoms with Gasteiger partial charge in [0.25, 0.3) is 0 Å². The molecule has 3 rings (SSSR count). The number of ether oxygens (including phenoxy) is 2. The maximum absolute atomic E-state index is 13.4. The minimum atomic E-state index is -4.12. The highest BCUT2D eigenvalue weighted by molar-refractivity contribution is 7.49. The van der Waals surface area contributed by atoms with E-state index in [1.54, 1.807) is 74.9 Å². The van der Waals surface area contributed by atoms with Crippen LogP contribution in [0.15, 0.2) is 72.8 Å². The topological polar surface area (TPSA) is 87.0 Å². The van der Waals surface area contributed by atoms with Gasteiger partial charge in [-0.25, -0.2) is 0 Å². The van der Waals surface area contributed by atoms with Crippen LogP contribution >= 0.6 is 7.82 Å². The number of nitriles is 1. The Kier molecular flexibility index (Phi) is 6.28. The lowest BCUT2D eigenvalue weighted by atomic mass is 10.2. The lowest BCUT2D eigenvalue weighted by Gasteiger charge is -2.19. The monoisotopic (exact) mass is 411 g/mol. The molecule has 0 aliphatic heterocycles. The molecule has 3 aromatic rings. The van der Waals surface area contributed by atoms with Gasteiger partial charge in [0, 0.05) is 0 Å². The first-order valence-electron chi connectivity index (χ1n) is 8.51. The predicted molar refractivity (Wildman–Crippen MR) is 107 cm³/mol. The third-order valence-electron chi connectivity index (χ3n) is 3.75. The number of nitrogens with zero attached hydrogens (tertiary/aromatic N) is 1. The first kappa shape index (κ1) is 20.1. The number of rotatable bonds is 8. The largest absolute Gasteiger partial charge is 0.647 e. The molecule has 0 N–H and O–H groups in total. The Bertz CT molecular complexity index is 973. The highest BCUT2D eigenvalue weighted by Crippen LogP contribution is 2.50. The summed E-state index contributed by atoms with van der Waals surface area (Å²) in [5.74, 6) is 2.02. The van der Waals surface area contributed by atoms with Crippen LogP contribution < -0.4 is 23.0 Å². The summed E-state index contributed by atoms with van der Waals surface area (Å²) < 4.78 is 40.3. The van der Waals surface area contributed by atoms with Gasteiger partial charge in [-0.1, -0.05) is 0 Å². The molecule has 0 saturated heterocycles. The van der Waals surface area contributed by atoms with Crippen LogP contribution in [0.2, 0.25) is 0 Å². The van der Waals surface area contributed by atoms with Crippen molar-refractivity contribution >= 4 is 7.82 Å². The van der Waals surface area contributed by atoms with Crippen LogP contribution in [-0.2, 0) is 4.57 Å². The van der Waals surface area contributed by atoms with Gasteiger partial charge in [0.1, 0.15) is 28.7 Å². The highest BCUT2D eigenvalue weighted by Gasteiger charge is 2.33. The molecule has 0 saturated carbocycles. The van der Waals surface area contributed by atoms with Crippen LogP contribution in [0.3, 0.4) is 0 Å². The summed E-state index contributed by atoms with van der Waals surface area (Å²) in [5.41, 5.74) is 0.444. The van der Waals surface area contributed by atoms with Crippen molar-refractivity contribution in [3.8, 4) is 34.8 Å². The van der Waals surface area contributed by atoms with Gasteiger partial charge < -0.3 is 23.0 Å². The van der Waals surface area contributed by atoms with Gasteiger partial charge >= 0.3 is 7.82 Å². The number of phosphoric ester groups is 1. The van der Waals surface area contributed by atoms with Crippen LogP contribution in [0.4, 0.5) is 0 Å². The van der Waals surface area contributed by atoms with Gasteiger partial charge in [0.05, 0.1) is 25.9 Å². The molecule has 29 heavy (non-hydrogen) atoms. The molecule has 0 unspecified atom stereocenters. The van der Waals surface area contributed by atoms with Gasteiger partial charge in [-0.05, 0) is 72.8 Å². The lowest BCUT2D eigenvalue weighted by Crippen LogP contribution is -2.07. The van der Waals surface area contributed by atoms with E-state index < -0.39 is 7.82 Å². The molecule has 7 nitrogen and oxygen atoms in total. The molecule has 0 aromatic heterocycles. The molecule has 0 amide bonds. The van der Waals surface area contributed by atoms with Gasteiger partial charge in [-0.3, -0.25) is 0 Å². The zero-order chi connectivity index (χ0) is 20.7. The van der Waals surface area contributed by atoms with Crippen molar-refractivity contribution in [2.75, 3.05) is 14.2 Å². The van der Waals surface area contributed by atoms with Gasteiger partial charge in [-0.2, -0.15) is 9.83 Å². The molecule has 0 fully saturated rings. The molecule has 8 heteroatoms. The summed E-state index contributed by atoms with van der Waals surface area (Å²) in [5, 5.41) is 8.92. The van der Waals surface area contributed by atoms with Crippen molar-refractivity contribution in [1.29, 1.82) is 5.26 Å². The van der Waals surface area contributed by atoms with E-state index in [9.17, 15) is 4.57 Å². The summed E-state index contributed by atoms with van der Waals surface area (Å²) in [7, 11) is -1.03. The van der Waals surface area contributed by atoms with E-state index in [4.69, 9.17) is 28.3 Å². The summed E-state index contributed by atoms with van der Waals surface area (Å²) in [6, 6.07) is 21.1. The van der Waals surface area contributed by atoms with Crippen LogP contribution in [0.25, 0.3) is 0 Å². The highest BCUT2D eigenvalue weighted by atomic mass is 31.2. The van der Waals surface area contributed by atoms with Gasteiger partial charge in [-0.15, -0.1) is 0 Å². The molecule has 0 aliphatic rings. The van der Waals surface area contributed by atoms with Crippen molar-refractivity contribution < 1.29 is 27.6 Å². The zero-order valence-corrected chi connectivity index (χ0v) is 16.7. The molecular weight excluding hydrogens is 393 g/mol. The van der Waals surface area contributed by atoms with Crippen LogP contribution in [0, 0.1) is 11.3 Å². The third-order valence-corrected chi connectivity index (χ3v) is 5.06. The first-order chi connectivity index (χ1) is 14.0. The fourth-order valence-corrected chi connectivity index (χ4v) is 3.56. The minimum Gasteiger partial charge on any atom is -0.497 e. The quantitative estimate of drug-likeness (QED) is 0.470. The summed E-state index contributed by atoms with van der Waals surface area (Å²) >= 11 is 0. The minimum absolute atomic E-state index is 0.231. The van der Waals surface area contributed by atoms with E-state index in [0.29, 0.717) is 17.1 Å². The Labute approximate surface area is 168 Å². The van der Waals surface area contributed by atoms with Gasteiger partial charge in [0.15, 0.2) is 0 Å². The van der Waals surface area contributed by atoms with Crippen molar-refractivity contribution in [1.82, 2.24) is 0 Å². The smallest absolute Gasteiger partial charge is 0.497 e. The molecule has 148 valence electrons. The zero-order valence-electron chi connectivity index (χ0n) is 15.8. The SMILES string of the molecule is COc1ccc(OP(=O)(Oc2ccc(C#N)cc2)Oc2ccc(OC)cc2)cc1. The molecule has 0 heterocycles. The van der Waals surface area contributed by atoms with Crippen molar-refractivity contribution in [3.05, 3.63) is 78.4 Å². The second kappa shape index (κ2) is 9.05. The summed E-state index contributed by atoms with van der Waals surface area (Å²) in [6.45, 7) is 0. The Balaban J connectivity index is 1.87. The Morgan fingerprint density at radius 2 is 0.931 bits per heavy atom. The van der Waals surface area contributed by atoms with E-state index in [1.807, 2.05) is 6.07 Å². The fraction of sp³-hybridized carbons (Fsp3) is 0.0952. The van der Waals surface area contributed by atoms with E-state index in [2.05, 4.69) is 0 Å². The van der Waals surface area contributed by atoms with Crippen LogP contribution in [0.1, 0.15) is 5.56 Å². The first-order valence-corrected chi connectivity index (χ1v) is 9.97. The van der Waals surface area contributed by atoms with E-state index >= 15 is 0 Å². The van der Waals surface area contributed by atoms with Crippen molar-refractivity contribution in [2.45, 2.75) is 0 Å². The van der Waals surface area contributed by atoms with Crippen molar-refractivity contribution in [3.63, 3.8) is 0 Å². The van der Waals surface area contributed by atoms with Gasteiger partial charge in [0.2, 0.25) is 0 Å². The molecule has 0 atom stereocenters. The number of methoxy groups -OCH3 is 2. The third kappa shape index (κ3) is 5.44. The Morgan fingerprint density at radius 3 is 1.24 bits per heavy atom. The average Bonchev–Trinajstić information content (AvgIpc) is 2.75. The number of hydrogen-bond donors (Lipinski definition) is 0. The van der Waals surface area contributed by atoms with Crippen LogP contribution in [-0.4, -0.2) is 14.2 Å². The second-order valence-electron chi connectivity index (χ2n) is 5.71. The molecule has 3 aromatic carbocycles. The van der Waals surface area contributed by atoms with E-state index in [0.717, 1.165) is 0 Å². The molecular formula is C21H18NO6P. The second-order valence-corrected chi connectivity index (χ2v) is 7.15. The maximum atomic E-state index is 13.4. The predicted octanol–water partition coefficient (Wildman–Crippen LogP) is 5.22. The normalized spacial score (nSPS) is 10.5.